The van der Waals surface area contributed by atoms with Crippen molar-refractivity contribution in [2.45, 2.75) is 6.42 Å². The number of rotatable bonds is 4. The molecule has 2 aliphatic rings. The van der Waals surface area contributed by atoms with Gasteiger partial charge in [0.25, 0.3) is 11.8 Å². The van der Waals surface area contributed by atoms with Gasteiger partial charge in [-0.3, -0.25) is 24.1 Å². The summed E-state index contributed by atoms with van der Waals surface area (Å²) in [6.07, 6.45) is 0.618. The van der Waals surface area contributed by atoms with Crippen LogP contribution < -0.4 is 5.43 Å². The normalized spacial score (nSPS) is 18.6. The van der Waals surface area contributed by atoms with Gasteiger partial charge in [0.1, 0.15) is 0 Å². The number of hydrogen-bond donors (Lipinski definition) is 1. The maximum absolute atomic E-state index is 12.8. The van der Waals surface area contributed by atoms with E-state index < -0.39 is 17.3 Å². The minimum atomic E-state index is -0.909. The van der Waals surface area contributed by atoms with Gasteiger partial charge in [0.15, 0.2) is 16.9 Å². The molecule has 0 unspecified atom stereocenters. The van der Waals surface area contributed by atoms with E-state index >= 15 is 0 Å². The Labute approximate surface area is 166 Å². The van der Waals surface area contributed by atoms with Crippen LogP contribution in [0.1, 0.15) is 27.5 Å². The predicted molar refractivity (Wildman–Crippen MR) is 103 cm³/mol. The molecule has 0 saturated carbocycles. The Bertz CT molecular complexity index is 805. The number of hydrogen-bond acceptors (Lipinski definition) is 7. The van der Waals surface area contributed by atoms with Gasteiger partial charge in [0.05, 0.1) is 6.54 Å². The van der Waals surface area contributed by atoms with Crippen molar-refractivity contribution in [1.29, 1.82) is 0 Å². The van der Waals surface area contributed by atoms with Crippen LogP contribution in [0.15, 0.2) is 21.3 Å². The zero-order chi connectivity index (χ0) is 20.1. The molecule has 10 heteroatoms. The summed E-state index contributed by atoms with van der Waals surface area (Å²) in [5.74, 6) is -0.370. The van der Waals surface area contributed by atoms with Crippen LogP contribution in [0, 0.1) is 0 Å². The van der Waals surface area contributed by atoms with Crippen LogP contribution in [-0.4, -0.2) is 94.9 Å². The monoisotopic (exact) mass is 409 g/mol. The number of carboxylic acids is 1. The van der Waals surface area contributed by atoms with Gasteiger partial charge in [-0.05, 0) is 6.42 Å². The molecule has 0 aromatic carbocycles. The summed E-state index contributed by atoms with van der Waals surface area (Å²) >= 11 is 1.76. The molecule has 1 aromatic rings. The molecule has 9 nitrogen and oxygen atoms in total. The van der Waals surface area contributed by atoms with E-state index in [1.54, 1.807) is 21.6 Å². The predicted octanol–water partition coefficient (Wildman–Crippen LogP) is 0.0613. The Morgan fingerprint density at radius 2 is 1.54 bits per heavy atom. The maximum atomic E-state index is 12.8. The van der Waals surface area contributed by atoms with Crippen LogP contribution in [0.25, 0.3) is 0 Å². The highest BCUT2D eigenvalue weighted by Crippen LogP contribution is 2.15. The van der Waals surface area contributed by atoms with Gasteiger partial charge in [-0.1, -0.05) is 0 Å². The summed E-state index contributed by atoms with van der Waals surface area (Å²) < 4.78 is 5.52. The molecule has 2 aliphatic heterocycles. The van der Waals surface area contributed by atoms with Gasteiger partial charge >= 0.3 is 5.97 Å². The van der Waals surface area contributed by atoms with Crippen molar-refractivity contribution in [1.82, 2.24) is 14.7 Å². The van der Waals surface area contributed by atoms with E-state index in [-0.39, 0.29) is 24.0 Å². The molecule has 3 heterocycles. The first-order chi connectivity index (χ1) is 13.4. The third-order valence-corrected chi connectivity index (χ3v) is 5.66. The molecule has 1 aromatic heterocycles. The third kappa shape index (κ3) is 5.14. The van der Waals surface area contributed by atoms with Crippen molar-refractivity contribution in [2.75, 3.05) is 57.3 Å². The van der Waals surface area contributed by atoms with Gasteiger partial charge in [0, 0.05) is 62.9 Å². The fraction of sp³-hybridized carbons (Fsp3) is 0.556. The summed E-state index contributed by atoms with van der Waals surface area (Å²) in [6, 6.07) is 2.23. The number of carboxylic acid groups (broad SMARTS) is 1. The average molecular weight is 409 g/mol. The summed E-state index contributed by atoms with van der Waals surface area (Å²) in [4.78, 5) is 53.3. The van der Waals surface area contributed by atoms with Crippen LogP contribution in [0.3, 0.4) is 0 Å². The standard InChI is InChI=1S/C18H23N3O6S/c22-13-10-14(27-15(11-13)18(26)21-6-8-28-9-7-21)17(25)20-3-1-2-19(4-5-20)12-16(23)24/h10-11H,1-9,12H2,(H,23,24). The minimum absolute atomic E-state index is 0.0742. The van der Waals surface area contributed by atoms with E-state index in [1.165, 1.54) is 4.90 Å². The van der Waals surface area contributed by atoms with E-state index in [0.29, 0.717) is 45.7 Å². The fourth-order valence-corrected chi connectivity index (χ4v) is 4.19. The van der Waals surface area contributed by atoms with E-state index in [4.69, 9.17) is 9.52 Å². The number of carbonyl (C=O) groups is 3. The first-order valence-electron chi connectivity index (χ1n) is 9.19. The lowest BCUT2D eigenvalue weighted by Gasteiger charge is -2.26. The molecule has 0 atom stereocenters. The molecule has 2 saturated heterocycles. The summed E-state index contributed by atoms with van der Waals surface area (Å²) in [5, 5.41) is 8.92. The van der Waals surface area contributed by atoms with Crippen molar-refractivity contribution < 1.29 is 23.9 Å². The Morgan fingerprint density at radius 1 is 0.929 bits per heavy atom. The highest BCUT2D eigenvalue weighted by atomic mass is 32.2. The van der Waals surface area contributed by atoms with Gasteiger partial charge in [0.2, 0.25) is 0 Å². The molecule has 0 aliphatic carbocycles. The second-order valence-corrected chi connectivity index (χ2v) is 7.97. The van der Waals surface area contributed by atoms with Crippen LogP contribution in [0.2, 0.25) is 0 Å². The molecule has 2 fully saturated rings. The number of amides is 2. The molecule has 152 valence electrons. The summed E-state index contributed by atoms with van der Waals surface area (Å²) in [5.41, 5.74) is -0.452. The quantitative estimate of drug-likeness (QED) is 0.743. The highest BCUT2D eigenvalue weighted by Gasteiger charge is 2.26. The molecule has 0 bridgehead atoms. The largest absolute Gasteiger partial charge is 0.480 e. The average Bonchev–Trinajstić information content (AvgIpc) is 2.92. The van der Waals surface area contributed by atoms with Gasteiger partial charge < -0.3 is 19.3 Å². The molecule has 0 spiro atoms. The maximum Gasteiger partial charge on any atom is 0.317 e. The SMILES string of the molecule is O=C(O)CN1CCCN(C(=O)c2cc(=O)cc(C(=O)N3CCSCC3)o2)CC1. The number of aliphatic carboxylic acids is 1. The van der Waals surface area contributed by atoms with E-state index in [2.05, 4.69) is 0 Å². The number of nitrogens with zero attached hydrogens (tertiary/aromatic N) is 3. The fourth-order valence-electron chi connectivity index (χ4n) is 3.29. The minimum Gasteiger partial charge on any atom is -0.480 e. The molecule has 1 N–H and O–H groups in total. The van der Waals surface area contributed by atoms with Crippen LogP contribution in [0.4, 0.5) is 0 Å². The van der Waals surface area contributed by atoms with Crippen molar-refractivity contribution in [3.05, 3.63) is 33.9 Å². The molecule has 2 amide bonds. The Kier molecular flexibility index (Phi) is 6.74. The van der Waals surface area contributed by atoms with Gasteiger partial charge in [-0.15, -0.1) is 0 Å². The van der Waals surface area contributed by atoms with Crippen LogP contribution in [0.5, 0.6) is 0 Å². The Hall–Kier alpha value is -2.33. The second kappa shape index (κ2) is 9.24. The van der Waals surface area contributed by atoms with Crippen molar-refractivity contribution in [2.24, 2.45) is 0 Å². The van der Waals surface area contributed by atoms with Crippen molar-refractivity contribution in [3.63, 3.8) is 0 Å². The lowest BCUT2D eigenvalue weighted by Crippen LogP contribution is -2.39. The zero-order valence-corrected chi connectivity index (χ0v) is 16.3. The lowest BCUT2D eigenvalue weighted by molar-refractivity contribution is -0.138. The topological polar surface area (TPSA) is 111 Å². The third-order valence-electron chi connectivity index (χ3n) is 4.72. The van der Waals surface area contributed by atoms with E-state index in [0.717, 1.165) is 23.6 Å². The zero-order valence-electron chi connectivity index (χ0n) is 15.5. The van der Waals surface area contributed by atoms with Crippen molar-refractivity contribution in [3.8, 4) is 0 Å². The van der Waals surface area contributed by atoms with Gasteiger partial charge in [-0.25, -0.2) is 0 Å². The smallest absolute Gasteiger partial charge is 0.317 e. The first kappa shape index (κ1) is 20.4. The van der Waals surface area contributed by atoms with E-state index in [9.17, 15) is 19.2 Å². The second-order valence-electron chi connectivity index (χ2n) is 6.74. The van der Waals surface area contributed by atoms with Crippen LogP contribution >= 0.6 is 11.8 Å². The first-order valence-corrected chi connectivity index (χ1v) is 10.3. The van der Waals surface area contributed by atoms with Crippen molar-refractivity contribution >= 4 is 29.5 Å². The number of carbonyl (C=O) groups excluding carboxylic acids is 2. The summed E-state index contributed by atoms with van der Waals surface area (Å²) in [6.45, 7) is 2.85. The van der Waals surface area contributed by atoms with Gasteiger partial charge in [-0.2, -0.15) is 11.8 Å². The van der Waals surface area contributed by atoms with Crippen LogP contribution in [-0.2, 0) is 4.79 Å². The Balaban J connectivity index is 1.73. The molecule has 3 rings (SSSR count). The molecular weight excluding hydrogens is 386 g/mol. The van der Waals surface area contributed by atoms with E-state index in [1.807, 2.05) is 0 Å². The molecule has 0 radical (unpaired) electrons. The number of thioether (sulfide) groups is 1. The molecule has 28 heavy (non-hydrogen) atoms. The lowest BCUT2D eigenvalue weighted by atomic mass is 10.2. The summed E-state index contributed by atoms with van der Waals surface area (Å²) in [7, 11) is 0. The highest BCUT2D eigenvalue weighted by molar-refractivity contribution is 7.99. The Morgan fingerprint density at radius 3 is 2.14 bits per heavy atom. The molecular formula is C18H23N3O6S.